The van der Waals surface area contributed by atoms with Crippen molar-refractivity contribution in [2.75, 3.05) is 7.11 Å². The number of nitrogens with two attached hydrogens (primary N) is 1. The van der Waals surface area contributed by atoms with Crippen LogP contribution in [0.3, 0.4) is 0 Å². The first-order valence-electron chi connectivity index (χ1n) is 7.71. The molecule has 0 heterocycles. The van der Waals surface area contributed by atoms with Crippen molar-refractivity contribution in [3.63, 3.8) is 0 Å². The number of halogens is 1. The molecule has 0 saturated heterocycles. The van der Waals surface area contributed by atoms with Gasteiger partial charge in [-0.2, -0.15) is 0 Å². The number of methoxy groups -OCH3 is 1. The van der Waals surface area contributed by atoms with Crippen LogP contribution in [-0.4, -0.2) is 13.2 Å². The van der Waals surface area contributed by atoms with Gasteiger partial charge < -0.3 is 10.5 Å². The Morgan fingerprint density at radius 3 is 2.61 bits per heavy atom. The average molecular weight is 309 g/mol. The third-order valence-corrected chi connectivity index (χ3v) is 4.05. The van der Waals surface area contributed by atoms with Gasteiger partial charge in [0.25, 0.3) is 0 Å². The molecule has 3 aromatic carbocycles. The SMILES string of the molecule is COc1ccc2cccc(CC(N)Cc3cccc(F)c3)c2c1. The van der Waals surface area contributed by atoms with Crippen molar-refractivity contribution >= 4 is 10.8 Å². The fourth-order valence-electron chi connectivity index (χ4n) is 2.94. The first-order chi connectivity index (χ1) is 11.2. The Bertz CT molecular complexity index is 816. The molecule has 1 atom stereocenters. The number of rotatable bonds is 5. The van der Waals surface area contributed by atoms with E-state index < -0.39 is 0 Å². The molecule has 118 valence electrons. The molecule has 3 aromatic rings. The van der Waals surface area contributed by atoms with E-state index in [9.17, 15) is 4.39 Å². The van der Waals surface area contributed by atoms with Crippen LogP contribution in [0.25, 0.3) is 10.8 Å². The van der Waals surface area contributed by atoms with E-state index in [1.54, 1.807) is 19.2 Å². The lowest BCUT2D eigenvalue weighted by molar-refractivity contribution is 0.415. The molecule has 0 radical (unpaired) electrons. The fourth-order valence-corrected chi connectivity index (χ4v) is 2.94. The van der Waals surface area contributed by atoms with Crippen LogP contribution in [0.1, 0.15) is 11.1 Å². The Balaban J connectivity index is 1.83. The Labute approximate surface area is 135 Å². The van der Waals surface area contributed by atoms with Crippen LogP contribution in [0, 0.1) is 5.82 Å². The molecule has 0 fully saturated rings. The standard InChI is InChI=1S/C20H20FNO/c1-23-19-9-8-15-5-3-6-16(20(15)13-19)12-18(22)11-14-4-2-7-17(21)10-14/h2-10,13,18H,11-12,22H2,1H3. The molecule has 23 heavy (non-hydrogen) atoms. The Morgan fingerprint density at radius 1 is 1.00 bits per heavy atom. The molecule has 3 heteroatoms. The number of benzene rings is 3. The number of hydrogen-bond acceptors (Lipinski definition) is 2. The zero-order valence-corrected chi connectivity index (χ0v) is 13.1. The van der Waals surface area contributed by atoms with Gasteiger partial charge in [-0.15, -0.1) is 0 Å². The number of fused-ring (bicyclic) bond motifs is 1. The molecule has 0 bridgehead atoms. The van der Waals surface area contributed by atoms with Gasteiger partial charge in [0.05, 0.1) is 7.11 Å². The maximum Gasteiger partial charge on any atom is 0.123 e. The van der Waals surface area contributed by atoms with Gasteiger partial charge in [0, 0.05) is 6.04 Å². The fraction of sp³-hybridized carbons (Fsp3) is 0.200. The molecular formula is C20H20FNO. The highest BCUT2D eigenvalue weighted by Gasteiger charge is 2.09. The lowest BCUT2D eigenvalue weighted by Crippen LogP contribution is -2.25. The van der Waals surface area contributed by atoms with Gasteiger partial charge in [-0.05, 0) is 59.0 Å². The van der Waals surface area contributed by atoms with Crippen LogP contribution in [0.5, 0.6) is 5.75 Å². The highest BCUT2D eigenvalue weighted by molar-refractivity contribution is 5.87. The topological polar surface area (TPSA) is 35.2 Å². The van der Waals surface area contributed by atoms with Gasteiger partial charge in [0.1, 0.15) is 11.6 Å². The summed E-state index contributed by atoms with van der Waals surface area (Å²) in [5.74, 6) is 0.619. The molecule has 0 saturated carbocycles. The molecule has 3 rings (SSSR count). The Hall–Kier alpha value is -2.39. The Morgan fingerprint density at radius 2 is 1.83 bits per heavy atom. The lowest BCUT2D eigenvalue weighted by atomic mass is 9.95. The highest BCUT2D eigenvalue weighted by atomic mass is 19.1. The molecule has 0 aliphatic heterocycles. The first kappa shape index (κ1) is 15.5. The minimum Gasteiger partial charge on any atom is -0.497 e. The second-order valence-electron chi connectivity index (χ2n) is 5.80. The van der Waals surface area contributed by atoms with E-state index in [2.05, 4.69) is 18.2 Å². The molecule has 0 amide bonds. The molecule has 2 N–H and O–H groups in total. The van der Waals surface area contributed by atoms with Crippen molar-refractivity contribution in [2.45, 2.75) is 18.9 Å². The maximum absolute atomic E-state index is 13.3. The number of hydrogen-bond donors (Lipinski definition) is 1. The van der Waals surface area contributed by atoms with Crippen LogP contribution >= 0.6 is 0 Å². The van der Waals surface area contributed by atoms with Gasteiger partial charge in [-0.1, -0.05) is 36.4 Å². The van der Waals surface area contributed by atoms with Crippen LogP contribution in [0.4, 0.5) is 4.39 Å². The number of ether oxygens (including phenoxy) is 1. The van der Waals surface area contributed by atoms with E-state index in [1.807, 2.05) is 24.3 Å². The first-order valence-corrected chi connectivity index (χ1v) is 7.71. The monoisotopic (exact) mass is 309 g/mol. The van der Waals surface area contributed by atoms with Crippen molar-refractivity contribution < 1.29 is 9.13 Å². The third-order valence-electron chi connectivity index (χ3n) is 4.05. The summed E-state index contributed by atoms with van der Waals surface area (Å²) < 4.78 is 18.6. The summed E-state index contributed by atoms with van der Waals surface area (Å²) in [6.45, 7) is 0. The predicted octanol–water partition coefficient (Wildman–Crippen LogP) is 4.10. The largest absolute Gasteiger partial charge is 0.497 e. The molecular weight excluding hydrogens is 289 g/mol. The average Bonchev–Trinajstić information content (AvgIpc) is 2.54. The van der Waals surface area contributed by atoms with Crippen LogP contribution in [0.2, 0.25) is 0 Å². The zero-order chi connectivity index (χ0) is 16.2. The van der Waals surface area contributed by atoms with E-state index in [4.69, 9.17) is 10.5 Å². The van der Waals surface area contributed by atoms with Crippen molar-refractivity contribution in [3.8, 4) is 5.75 Å². The Kier molecular flexibility index (Phi) is 4.58. The van der Waals surface area contributed by atoms with Crippen molar-refractivity contribution in [1.82, 2.24) is 0 Å². The van der Waals surface area contributed by atoms with E-state index in [0.29, 0.717) is 6.42 Å². The lowest BCUT2D eigenvalue weighted by Gasteiger charge is -2.14. The minimum absolute atomic E-state index is 0.0615. The van der Waals surface area contributed by atoms with Gasteiger partial charge >= 0.3 is 0 Å². The van der Waals surface area contributed by atoms with E-state index in [1.165, 1.54) is 17.0 Å². The molecule has 0 spiro atoms. The summed E-state index contributed by atoms with van der Waals surface area (Å²) in [4.78, 5) is 0. The van der Waals surface area contributed by atoms with Crippen LogP contribution in [0.15, 0.2) is 60.7 Å². The second-order valence-corrected chi connectivity index (χ2v) is 5.80. The van der Waals surface area contributed by atoms with E-state index in [0.717, 1.165) is 23.1 Å². The van der Waals surface area contributed by atoms with Crippen molar-refractivity contribution in [1.29, 1.82) is 0 Å². The summed E-state index contributed by atoms with van der Waals surface area (Å²) in [6, 6.07) is 18.8. The van der Waals surface area contributed by atoms with Crippen LogP contribution in [-0.2, 0) is 12.8 Å². The quantitative estimate of drug-likeness (QED) is 0.770. The van der Waals surface area contributed by atoms with Gasteiger partial charge in [-0.25, -0.2) is 4.39 Å². The summed E-state index contributed by atoms with van der Waals surface area (Å²) in [7, 11) is 1.67. The third kappa shape index (κ3) is 3.69. The zero-order valence-electron chi connectivity index (χ0n) is 13.1. The normalized spacial score (nSPS) is 12.3. The smallest absolute Gasteiger partial charge is 0.123 e. The van der Waals surface area contributed by atoms with Gasteiger partial charge in [0.2, 0.25) is 0 Å². The molecule has 0 aliphatic rings. The van der Waals surface area contributed by atoms with E-state index >= 15 is 0 Å². The van der Waals surface area contributed by atoms with Crippen molar-refractivity contribution in [3.05, 3.63) is 77.6 Å². The molecule has 2 nitrogen and oxygen atoms in total. The summed E-state index contributed by atoms with van der Waals surface area (Å²) in [5, 5.41) is 2.32. The minimum atomic E-state index is -0.218. The molecule has 0 aliphatic carbocycles. The van der Waals surface area contributed by atoms with Crippen LogP contribution < -0.4 is 10.5 Å². The molecule has 1 unspecified atom stereocenters. The summed E-state index contributed by atoms with van der Waals surface area (Å²) in [6.07, 6.45) is 1.39. The maximum atomic E-state index is 13.3. The van der Waals surface area contributed by atoms with Gasteiger partial charge in [0.15, 0.2) is 0 Å². The van der Waals surface area contributed by atoms with Crippen molar-refractivity contribution in [2.24, 2.45) is 5.73 Å². The molecule has 0 aromatic heterocycles. The van der Waals surface area contributed by atoms with Gasteiger partial charge in [-0.3, -0.25) is 0 Å². The highest BCUT2D eigenvalue weighted by Crippen LogP contribution is 2.25. The second kappa shape index (κ2) is 6.80. The predicted molar refractivity (Wildman–Crippen MR) is 92.3 cm³/mol. The summed E-state index contributed by atoms with van der Waals surface area (Å²) in [5.41, 5.74) is 8.41. The van der Waals surface area contributed by atoms with E-state index in [-0.39, 0.29) is 11.9 Å². The summed E-state index contributed by atoms with van der Waals surface area (Å²) >= 11 is 0.